The van der Waals surface area contributed by atoms with Crippen molar-refractivity contribution in [3.8, 4) is 11.3 Å². The smallest absolute Gasteiger partial charge is 0.265 e. The molecular weight excluding hydrogens is 312 g/mol. The maximum absolute atomic E-state index is 11.3. The number of hydrogen-bond acceptors (Lipinski definition) is 5. The van der Waals surface area contributed by atoms with Gasteiger partial charge in [0.15, 0.2) is 9.84 Å². The number of benzene rings is 1. The molecule has 0 saturated heterocycles. The topological polar surface area (TPSA) is 97.0 Å². The highest BCUT2D eigenvalue weighted by atomic mass is 35.7. The highest BCUT2D eigenvalue weighted by Gasteiger charge is 2.19. The van der Waals surface area contributed by atoms with Crippen LogP contribution in [0.3, 0.4) is 0 Å². The Morgan fingerprint density at radius 1 is 1.11 bits per heavy atom. The summed E-state index contributed by atoms with van der Waals surface area (Å²) in [5.74, 6) is 0. The normalized spacial score (nSPS) is 12.5. The second-order valence-corrected chi connectivity index (χ2v) is 8.39. The third-order valence-electron chi connectivity index (χ3n) is 2.44. The van der Waals surface area contributed by atoms with Crippen molar-refractivity contribution in [3.63, 3.8) is 0 Å². The maximum Gasteiger partial charge on any atom is 0.265 e. The Labute approximate surface area is 114 Å². The summed E-state index contributed by atoms with van der Waals surface area (Å²) in [5, 5.41) is 6.15. The highest BCUT2D eigenvalue weighted by Crippen LogP contribution is 2.27. The molecule has 102 valence electrons. The van der Waals surface area contributed by atoms with Crippen LogP contribution >= 0.6 is 10.7 Å². The lowest BCUT2D eigenvalue weighted by molar-refractivity contribution is 0.601. The lowest BCUT2D eigenvalue weighted by atomic mass is 10.2. The molecule has 0 amide bonds. The number of nitrogens with one attached hydrogen (secondary N) is 1. The zero-order valence-corrected chi connectivity index (χ0v) is 12.1. The second-order valence-electron chi connectivity index (χ2n) is 3.84. The van der Waals surface area contributed by atoms with Gasteiger partial charge in [-0.2, -0.15) is 5.10 Å². The van der Waals surface area contributed by atoms with Gasteiger partial charge in [0.2, 0.25) is 0 Å². The van der Waals surface area contributed by atoms with E-state index in [1.807, 2.05) is 0 Å². The van der Waals surface area contributed by atoms with Crippen LogP contribution in [0.1, 0.15) is 0 Å². The molecule has 0 aliphatic carbocycles. The number of rotatable bonds is 3. The van der Waals surface area contributed by atoms with Crippen LogP contribution in [0.25, 0.3) is 11.3 Å². The Morgan fingerprint density at radius 2 is 1.68 bits per heavy atom. The molecule has 2 rings (SSSR count). The van der Waals surface area contributed by atoms with Gasteiger partial charge in [-0.25, -0.2) is 16.8 Å². The van der Waals surface area contributed by atoms with Crippen LogP contribution in [0.15, 0.2) is 40.3 Å². The predicted octanol–water partition coefficient (Wildman–Crippen LogP) is 1.41. The van der Waals surface area contributed by atoms with E-state index in [0.29, 0.717) is 5.56 Å². The standard InChI is InChI=1S/C10H9ClN2O4S2/c1-18(14,15)8-4-2-7(3-5-8)10-9(6-12-13-10)19(11,16)17/h2-6H,1H3,(H,12,13). The first kappa shape index (κ1) is 14.0. The summed E-state index contributed by atoms with van der Waals surface area (Å²) >= 11 is 0. The van der Waals surface area contributed by atoms with Gasteiger partial charge in [0.05, 0.1) is 16.8 Å². The molecule has 0 saturated carbocycles. The Bertz CT molecular complexity index is 807. The van der Waals surface area contributed by atoms with E-state index < -0.39 is 18.9 Å². The van der Waals surface area contributed by atoms with E-state index in [9.17, 15) is 16.8 Å². The lowest BCUT2D eigenvalue weighted by Gasteiger charge is -2.02. The van der Waals surface area contributed by atoms with Crippen molar-refractivity contribution >= 4 is 29.6 Å². The fourth-order valence-corrected chi connectivity index (χ4v) is 3.10. The van der Waals surface area contributed by atoms with Crippen molar-refractivity contribution in [1.82, 2.24) is 10.2 Å². The highest BCUT2D eigenvalue weighted by molar-refractivity contribution is 8.13. The number of nitrogens with zero attached hydrogens (tertiary/aromatic N) is 1. The third kappa shape index (κ3) is 2.96. The zero-order chi connectivity index (χ0) is 14.3. The SMILES string of the molecule is CS(=O)(=O)c1ccc(-c2[nH]ncc2S(=O)(=O)Cl)cc1. The van der Waals surface area contributed by atoms with Crippen molar-refractivity contribution < 1.29 is 16.8 Å². The van der Waals surface area contributed by atoms with Gasteiger partial charge in [-0.05, 0) is 12.1 Å². The first-order valence-electron chi connectivity index (χ1n) is 4.98. The Balaban J connectivity index is 2.53. The van der Waals surface area contributed by atoms with Gasteiger partial charge >= 0.3 is 0 Å². The Kier molecular flexibility index (Phi) is 3.41. The Hall–Kier alpha value is -1.38. The van der Waals surface area contributed by atoms with Crippen molar-refractivity contribution in [2.75, 3.05) is 6.26 Å². The summed E-state index contributed by atoms with van der Waals surface area (Å²) < 4.78 is 45.3. The van der Waals surface area contributed by atoms with E-state index in [1.54, 1.807) is 0 Å². The molecule has 1 N–H and O–H groups in total. The van der Waals surface area contributed by atoms with Crippen LogP contribution in [-0.2, 0) is 18.9 Å². The molecule has 0 bridgehead atoms. The molecule has 2 aromatic rings. The summed E-state index contributed by atoms with van der Waals surface area (Å²) in [4.78, 5) is -0.00711. The van der Waals surface area contributed by atoms with Crippen LogP contribution in [0, 0.1) is 0 Å². The van der Waals surface area contributed by atoms with Crippen molar-refractivity contribution in [2.45, 2.75) is 9.79 Å². The number of H-pyrrole nitrogens is 1. The van der Waals surface area contributed by atoms with Crippen LogP contribution in [0.2, 0.25) is 0 Å². The van der Waals surface area contributed by atoms with E-state index in [4.69, 9.17) is 10.7 Å². The van der Waals surface area contributed by atoms with E-state index in [0.717, 1.165) is 12.5 Å². The molecule has 1 aromatic carbocycles. The molecule has 0 atom stereocenters. The molecular formula is C10H9ClN2O4S2. The molecule has 0 radical (unpaired) electrons. The van der Waals surface area contributed by atoms with E-state index in [1.165, 1.54) is 24.3 Å². The maximum atomic E-state index is 11.3. The minimum absolute atomic E-state index is 0.144. The van der Waals surface area contributed by atoms with Crippen LogP contribution in [0.4, 0.5) is 0 Å². The summed E-state index contributed by atoms with van der Waals surface area (Å²) in [7, 11) is -1.94. The lowest BCUT2D eigenvalue weighted by Crippen LogP contribution is -1.97. The average Bonchev–Trinajstić information content (AvgIpc) is 2.76. The van der Waals surface area contributed by atoms with E-state index in [2.05, 4.69) is 10.2 Å². The minimum atomic E-state index is -3.92. The number of aromatic amines is 1. The molecule has 1 aromatic heterocycles. The Morgan fingerprint density at radius 3 is 2.16 bits per heavy atom. The molecule has 0 aliphatic rings. The van der Waals surface area contributed by atoms with Gasteiger partial charge in [-0.3, -0.25) is 5.10 Å². The summed E-state index contributed by atoms with van der Waals surface area (Å²) in [6.07, 6.45) is 2.19. The number of hydrogen-bond donors (Lipinski definition) is 1. The molecule has 9 heteroatoms. The quantitative estimate of drug-likeness (QED) is 0.862. The second kappa shape index (κ2) is 4.62. The number of sulfone groups is 1. The zero-order valence-electron chi connectivity index (χ0n) is 9.66. The minimum Gasteiger partial charge on any atom is -0.276 e. The van der Waals surface area contributed by atoms with Gasteiger partial charge in [0, 0.05) is 22.5 Å². The van der Waals surface area contributed by atoms with Gasteiger partial charge in [0.25, 0.3) is 9.05 Å². The molecule has 0 spiro atoms. The largest absolute Gasteiger partial charge is 0.276 e. The van der Waals surface area contributed by atoms with Gasteiger partial charge in [-0.15, -0.1) is 0 Å². The molecule has 1 heterocycles. The summed E-state index contributed by atoms with van der Waals surface area (Å²) in [6, 6.07) is 5.73. The first-order valence-corrected chi connectivity index (χ1v) is 9.18. The monoisotopic (exact) mass is 320 g/mol. The molecule has 0 fully saturated rings. The van der Waals surface area contributed by atoms with Gasteiger partial charge in [0.1, 0.15) is 4.90 Å². The predicted molar refractivity (Wildman–Crippen MR) is 70.2 cm³/mol. The third-order valence-corrected chi connectivity index (χ3v) is 4.90. The molecule has 19 heavy (non-hydrogen) atoms. The van der Waals surface area contributed by atoms with Crippen LogP contribution in [0.5, 0.6) is 0 Å². The van der Waals surface area contributed by atoms with Gasteiger partial charge < -0.3 is 0 Å². The molecule has 6 nitrogen and oxygen atoms in total. The fourth-order valence-electron chi connectivity index (χ4n) is 1.54. The molecule has 0 unspecified atom stereocenters. The van der Waals surface area contributed by atoms with E-state index in [-0.39, 0.29) is 15.5 Å². The number of aromatic nitrogens is 2. The average molecular weight is 321 g/mol. The fraction of sp³-hybridized carbons (Fsp3) is 0.100. The van der Waals surface area contributed by atoms with Crippen LogP contribution < -0.4 is 0 Å². The summed E-state index contributed by atoms with van der Waals surface area (Å²) in [5.41, 5.74) is 0.694. The summed E-state index contributed by atoms with van der Waals surface area (Å²) in [6.45, 7) is 0. The van der Waals surface area contributed by atoms with Crippen molar-refractivity contribution in [2.24, 2.45) is 0 Å². The van der Waals surface area contributed by atoms with E-state index >= 15 is 0 Å². The van der Waals surface area contributed by atoms with Crippen molar-refractivity contribution in [3.05, 3.63) is 30.5 Å². The molecule has 0 aliphatic heterocycles. The number of halogens is 1. The van der Waals surface area contributed by atoms with Gasteiger partial charge in [-0.1, -0.05) is 12.1 Å². The van der Waals surface area contributed by atoms with Crippen LogP contribution in [-0.4, -0.2) is 33.3 Å². The first-order chi connectivity index (χ1) is 8.69. The van der Waals surface area contributed by atoms with Crippen molar-refractivity contribution in [1.29, 1.82) is 0 Å².